The van der Waals surface area contributed by atoms with Crippen molar-refractivity contribution in [2.75, 3.05) is 13.6 Å². The summed E-state index contributed by atoms with van der Waals surface area (Å²) in [7, 11) is 1.89. The zero-order chi connectivity index (χ0) is 12.8. The molecule has 1 aromatic heterocycles. The maximum absolute atomic E-state index is 10.1. The second kappa shape index (κ2) is 7.11. The number of nitrogens with two attached hydrogens (primary N) is 1. The van der Waals surface area contributed by atoms with Crippen LogP contribution in [0.5, 0.6) is 0 Å². The van der Waals surface area contributed by atoms with E-state index in [1.165, 1.54) is 4.88 Å². The molecule has 0 aliphatic rings. The normalized spacial score (nSPS) is 15.2. The first kappa shape index (κ1) is 14.6. The van der Waals surface area contributed by atoms with Crippen molar-refractivity contribution in [1.82, 2.24) is 5.32 Å². The van der Waals surface area contributed by atoms with E-state index in [0.717, 1.165) is 24.3 Å². The van der Waals surface area contributed by atoms with E-state index in [1.807, 2.05) is 13.1 Å². The van der Waals surface area contributed by atoms with Crippen LogP contribution < -0.4 is 11.1 Å². The summed E-state index contributed by atoms with van der Waals surface area (Å²) in [5.41, 5.74) is 5.96. The van der Waals surface area contributed by atoms with Gasteiger partial charge in [0.2, 0.25) is 0 Å². The molecule has 1 rings (SSSR count). The summed E-state index contributed by atoms with van der Waals surface area (Å²) in [6.07, 6.45) is 1.33. The molecular weight excluding hydrogens is 232 g/mol. The van der Waals surface area contributed by atoms with Crippen LogP contribution in [0.3, 0.4) is 0 Å². The molecule has 3 nitrogen and oxygen atoms in total. The zero-order valence-electron chi connectivity index (χ0n) is 10.9. The molecule has 2 unspecified atom stereocenters. The van der Waals surface area contributed by atoms with Crippen molar-refractivity contribution in [3.8, 4) is 0 Å². The van der Waals surface area contributed by atoms with Gasteiger partial charge in [-0.1, -0.05) is 13.8 Å². The lowest BCUT2D eigenvalue weighted by molar-refractivity contribution is 0.146. The van der Waals surface area contributed by atoms with Crippen LogP contribution in [0.15, 0.2) is 12.1 Å². The second-order valence-corrected chi connectivity index (χ2v) is 6.10. The predicted octanol–water partition coefficient (Wildman–Crippen LogP) is 1.92. The van der Waals surface area contributed by atoms with Gasteiger partial charge in [-0.2, -0.15) is 0 Å². The quantitative estimate of drug-likeness (QED) is 0.698. The van der Waals surface area contributed by atoms with Gasteiger partial charge in [0.05, 0.1) is 0 Å². The van der Waals surface area contributed by atoms with Gasteiger partial charge in [-0.15, -0.1) is 11.3 Å². The number of aliphatic hydroxyl groups is 1. The summed E-state index contributed by atoms with van der Waals surface area (Å²) in [6, 6.07) is 3.92. The molecular formula is C13H24N2OS. The van der Waals surface area contributed by atoms with E-state index in [-0.39, 0.29) is 6.04 Å². The average Bonchev–Trinajstić information content (AvgIpc) is 2.72. The minimum absolute atomic E-state index is 0.187. The van der Waals surface area contributed by atoms with Gasteiger partial charge in [0.1, 0.15) is 6.10 Å². The van der Waals surface area contributed by atoms with Crippen molar-refractivity contribution < 1.29 is 5.11 Å². The number of hydrogen-bond acceptors (Lipinski definition) is 4. The summed E-state index contributed by atoms with van der Waals surface area (Å²) in [5, 5.41) is 13.2. The molecule has 4 N–H and O–H groups in total. The third-order valence-corrected chi connectivity index (χ3v) is 3.89. The largest absolute Gasteiger partial charge is 0.386 e. The van der Waals surface area contributed by atoms with Crippen LogP contribution in [0.25, 0.3) is 0 Å². The topological polar surface area (TPSA) is 58.3 Å². The maximum atomic E-state index is 10.1. The number of rotatable bonds is 7. The van der Waals surface area contributed by atoms with Crippen LogP contribution in [0.4, 0.5) is 0 Å². The van der Waals surface area contributed by atoms with Crippen LogP contribution >= 0.6 is 11.3 Å². The lowest BCUT2D eigenvalue weighted by Gasteiger charge is -2.17. The van der Waals surface area contributed by atoms with Gasteiger partial charge in [0.25, 0.3) is 0 Å². The number of hydrogen-bond donors (Lipinski definition) is 3. The molecule has 98 valence electrons. The molecule has 0 aliphatic carbocycles. The van der Waals surface area contributed by atoms with E-state index in [2.05, 4.69) is 25.2 Å². The fraction of sp³-hybridized carbons (Fsp3) is 0.692. The molecule has 1 heterocycles. The van der Waals surface area contributed by atoms with E-state index >= 15 is 0 Å². The van der Waals surface area contributed by atoms with Crippen molar-refractivity contribution in [2.45, 2.75) is 38.8 Å². The molecule has 0 bridgehead atoms. The molecule has 0 aliphatic heterocycles. The van der Waals surface area contributed by atoms with E-state index in [0.29, 0.717) is 5.92 Å². The van der Waals surface area contributed by atoms with Crippen LogP contribution in [0, 0.1) is 5.92 Å². The molecule has 17 heavy (non-hydrogen) atoms. The summed E-state index contributed by atoms with van der Waals surface area (Å²) < 4.78 is 0. The Kier molecular flexibility index (Phi) is 6.12. The minimum atomic E-state index is -0.533. The molecule has 0 fully saturated rings. The molecule has 0 saturated carbocycles. The molecule has 0 aromatic carbocycles. The van der Waals surface area contributed by atoms with Crippen molar-refractivity contribution >= 4 is 11.3 Å². The van der Waals surface area contributed by atoms with Gasteiger partial charge >= 0.3 is 0 Å². The molecule has 4 heteroatoms. The Balaban J connectivity index is 2.56. The number of aliphatic hydroxyl groups excluding tert-OH is 1. The molecule has 2 atom stereocenters. The highest BCUT2D eigenvalue weighted by atomic mass is 32.1. The first-order valence-electron chi connectivity index (χ1n) is 6.21. The lowest BCUT2D eigenvalue weighted by atomic mass is 10.1. The highest BCUT2D eigenvalue weighted by molar-refractivity contribution is 7.12. The summed E-state index contributed by atoms with van der Waals surface area (Å²) in [5.74, 6) is 0.650. The number of thiophene rings is 1. The van der Waals surface area contributed by atoms with Gasteiger partial charge in [-0.05, 0) is 44.5 Å². The van der Waals surface area contributed by atoms with E-state index in [1.54, 1.807) is 11.3 Å². The Morgan fingerprint density at radius 3 is 2.71 bits per heavy atom. The van der Waals surface area contributed by atoms with Gasteiger partial charge in [-0.25, -0.2) is 0 Å². The first-order chi connectivity index (χ1) is 8.04. The van der Waals surface area contributed by atoms with Crippen LogP contribution in [-0.2, 0) is 6.42 Å². The Labute approximate surface area is 108 Å². The smallest absolute Gasteiger partial charge is 0.103 e. The van der Waals surface area contributed by atoms with Crippen molar-refractivity contribution in [3.63, 3.8) is 0 Å². The molecule has 0 amide bonds. The zero-order valence-corrected chi connectivity index (χ0v) is 11.8. The fourth-order valence-electron chi connectivity index (χ4n) is 1.75. The standard InChI is InChI=1S/C13H24N2OS/c1-9(2)8-10-4-5-12(17-10)13(16)11(14)6-7-15-3/h4-5,9,11,13,15-16H,6-8,14H2,1-3H3. The van der Waals surface area contributed by atoms with Gasteiger partial charge in [0.15, 0.2) is 0 Å². The summed E-state index contributed by atoms with van der Waals surface area (Å²) in [4.78, 5) is 2.32. The third-order valence-electron chi connectivity index (χ3n) is 2.72. The van der Waals surface area contributed by atoms with Crippen LogP contribution in [0.1, 0.15) is 36.1 Å². The summed E-state index contributed by atoms with van der Waals surface area (Å²) >= 11 is 1.68. The maximum Gasteiger partial charge on any atom is 0.103 e. The Morgan fingerprint density at radius 1 is 1.41 bits per heavy atom. The monoisotopic (exact) mass is 256 g/mol. The predicted molar refractivity (Wildman–Crippen MR) is 74.3 cm³/mol. The Morgan fingerprint density at radius 2 is 2.12 bits per heavy atom. The van der Waals surface area contributed by atoms with Crippen molar-refractivity contribution in [2.24, 2.45) is 11.7 Å². The molecule has 0 saturated heterocycles. The molecule has 0 radical (unpaired) electrons. The Bertz CT molecular complexity index is 325. The highest BCUT2D eigenvalue weighted by Gasteiger charge is 2.18. The fourth-order valence-corrected chi connectivity index (χ4v) is 3.03. The summed E-state index contributed by atoms with van der Waals surface area (Å²) in [6.45, 7) is 5.24. The lowest BCUT2D eigenvalue weighted by Crippen LogP contribution is -2.31. The van der Waals surface area contributed by atoms with E-state index in [9.17, 15) is 5.11 Å². The molecule has 0 spiro atoms. The minimum Gasteiger partial charge on any atom is -0.386 e. The highest BCUT2D eigenvalue weighted by Crippen LogP contribution is 2.27. The van der Waals surface area contributed by atoms with Gasteiger partial charge < -0.3 is 16.2 Å². The van der Waals surface area contributed by atoms with E-state index in [4.69, 9.17) is 5.73 Å². The van der Waals surface area contributed by atoms with Crippen LogP contribution in [0.2, 0.25) is 0 Å². The van der Waals surface area contributed by atoms with Gasteiger partial charge in [-0.3, -0.25) is 0 Å². The third kappa shape index (κ3) is 4.76. The average molecular weight is 256 g/mol. The van der Waals surface area contributed by atoms with Gasteiger partial charge in [0, 0.05) is 15.8 Å². The van der Waals surface area contributed by atoms with Crippen molar-refractivity contribution in [1.29, 1.82) is 0 Å². The molecule has 1 aromatic rings. The SMILES string of the molecule is CNCCC(N)C(O)c1ccc(CC(C)C)s1. The van der Waals surface area contributed by atoms with E-state index < -0.39 is 6.10 Å². The second-order valence-electron chi connectivity index (χ2n) is 4.90. The first-order valence-corrected chi connectivity index (χ1v) is 7.03. The Hall–Kier alpha value is -0.420. The van der Waals surface area contributed by atoms with Crippen molar-refractivity contribution in [3.05, 3.63) is 21.9 Å². The van der Waals surface area contributed by atoms with Crippen LogP contribution in [-0.4, -0.2) is 24.7 Å². The number of nitrogens with one attached hydrogen (secondary N) is 1.